The molecule has 5 heteroatoms. The van der Waals surface area contributed by atoms with Gasteiger partial charge in [-0.05, 0) is 20.8 Å². The molecule has 17 heavy (non-hydrogen) atoms. The molecule has 0 aromatic heterocycles. The molecule has 1 fully saturated rings. The van der Waals surface area contributed by atoms with Crippen molar-refractivity contribution in [2.45, 2.75) is 33.0 Å². The summed E-state index contributed by atoms with van der Waals surface area (Å²) in [7, 11) is 0. The molecule has 1 aliphatic heterocycles. The largest absolute Gasteiger partial charge is 0.390 e. The van der Waals surface area contributed by atoms with Gasteiger partial charge in [0.25, 0.3) is 5.91 Å². The van der Waals surface area contributed by atoms with Gasteiger partial charge in [0, 0.05) is 25.8 Å². The molecule has 1 heterocycles. The molecule has 1 rings (SSSR count). The van der Waals surface area contributed by atoms with Crippen LogP contribution in [0.1, 0.15) is 20.8 Å². The highest BCUT2D eigenvalue weighted by atomic mass is 16.5. The molecule has 0 aromatic carbocycles. The van der Waals surface area contributed by atoms with Crippen LogP contribution in [-0.2, 0) is 9.53 Å². The Morgan fingerprint density at radius 2 is 2.12 bits per heavy atom. The molecule has 1 aliphatic rings. The highest BCUT2D eigenvalue weighted by Crippen LogP contribution is 2.13. The maximum atomic E-state index is 12.1. The third kappa shape index (κ3) is 3.75. The van der Waals surface area contributed by atoms with Gasteiger partial charge in [-0.15, -0.1) is 0 Å². The molecule has 0 aliphatic carbocycles. The molecule has 0 aromatic rings. The van der Waals surface area contributed by atoms with Crippen LogP contribution in [0.15, 0.2) is 11.8 Å². The summed E-state index contributed by atoms with van der Waals surface area (Å²) in [5.74, 6) is -0.226. The number of hydrogen-bond acceptors (Lipinski definition) is 4. The van der Waals surface area contributed by atoms with E-state index in [2.05, 4.69) is 5.32 Å². The van der Waals surface area contributed by atoms with Gasteiger partial charge in [0.1, 0.15) is 11.6 Å². The predicted octanol–water partition coefficient (Wildman–Crippen LogP) is 0.639. The molecular weight excluding hydrogens is 218 g/mol. The number of carbonyl (C=O) groups excluding carboxylic acids is 1. The molecule has 0 radical (unpaired) electrons. The minimum atomic E-state index is -0.226. The average Bonchev–Trinajstić information content (AvgIpc) is 2.28. The quantitative estimate of drug-likeness (QED) is 0.578. The summed E-state index contributed by atoms with van der Waals surface area (Å²) in [6, 6.07) is 1.93. The minimum absolute atomic E-state index is 0.0155. The van der Waals surface area contributed by atoms with E-state index in [-0.39, 0.29) is 23.7 Å². The van der Waals surface area contributed by atoms with E-state index in [9.17, 15) is 4.79 Å². The highest BCUT2D eigenvalue weighted by Gasteiger charge is 2.27. The number of carbonyl (C=O) groups is 1. The number of ether oxygens (including phenoxy) is 1. The van der Waals surface area contributed by atoms with Crippen molar-refractivity contribution in [3.8, 4) is 6.07 Å². The Bertz CT molecular complexity index is 336. The van der Waals surface area contributed by atoms with Gasteiger partial charge in [0.05, 0.1) is 12.2 Å². The summed E-state index contributed by atoms with van der Waals surface area (Å²) in [5, 5.41) is 11.8. The Morgan fingerprint density at radius 3 is 2.59 bits per heavy atom. The summed E-state index contributed by atoms with van der Waals surface area (Å²) >= 11 is 0. The van der Waals surface area contributed by atoms with E-state index in [1.807, 2.05) is 26.8 Å². The van der Waals surface area contributed by atoms with E-state index in [0.717, 1.165) is 0 Å². The van der Waals surface area contributed by atoms with Crippen molar-refractivity contribution in [3.63, 3.8) is 0 Å². The number of nitriles is 1. The molecule has 0 bridgehead atoms. The normalized spacial score (nSPS) is 25.3. The van der Waals surface area contributed by atoms with Crippen LogP contribution in [0.4, 0.5) is 0 Å². The van der Waals surface area contributed by atoms with Gasteiger partial charge in [0.2, 0.25) is 0 Å². The van der Waals surface area contributed by atoms with Crippen molar-refractivity contribution in [1.29, 1.82) is 5.26 Å². The molecule has 1 saturated heterocycles. The van der Waals surface area contributed by atoms with E-state index in [4.69, 9.17) is 10.00 Å². The number of morpholine rings is 1. The van der Waals surface area contributed by atoms with E-state index in [0.29, 0.717) is 19.6 Å². The first-order chi connectivity index (χ1) is 8.08. The fourth-order valence-electron chi connectivity index (χ4n) is 1.86. The van der Waals surface area contributed by atoms with E-state index >= 15 is 0 Å². The lowest BCUT2D eigenvalue weighted by Crippen LogP contribution is -2.48. The minimum Gasteiger partial charge on any atom is -0.390 e. The number of rotatable bonds is 3. The zero-order chi connectivity index (χ0) is 12.8. The van der Waals surface area contributed by atoms with Gasteiger partial charge in [-0.1, -0.05) is 0 Å². The average molecular weight is 237 g/mol. The zero-order valence-corrected chi connectivity index (χ0v) is 10.6. The molecule has 1 N–H and O–H groups in total. The van der Waals surface area contributed by atoms with Crippen molar-refractivity contribution in [1.82, 2.24) is 10.2 Å². The molecule has 2 unspecified atom stereocenters. The summed E-state index contributed by atoms with van der Waals surface area (Å²) in [5.41, 5.74) is 0.146. The second-order valence-corrected chi connectivity index (χ2v) is 4.19. The first-order valence-electron chi connectivity index (χ1n) is 5.86. The van der Waals surface area contributed by atoms with E-state index in [1.165, 1.54) is 6.20 Å². The van der Waals surface area contributed by atoms with Gasteiger partial charge in [-0.25, -0.2) is 0 Å². The fraction of sp³-hybridized carbons (Fsp3) is 0.667. The van der Waals surface area contributed by atoms with Gasteiger partial charge < -0.3 is 15.0 Å². The van der Waals surface area contributed by atoms with Crippen LogP contribution in [0.3, 0.4) is 0 Å². The number of hydrogen-bond donors (Lipinski definition) is 1. The summed E-state index contributed by atoms with van der Waals surface area (Å²) in [4.78, 5) is 13.7. The predicted molar refractivity (Wildman–Crippen MR) is 64.0 cm³/mol. The monoisotopic (exact) mass is 237 g/mol. The van der Waals surface area contributed by atoms with Crippen molar-refractivity contribution in [2.24, 2.45) is 0 Å². The maximum Gasteiger partial charge on any atom is 0.266 e. The van der Waals surface area contributed by atoms with Crippen LogP contribution in [0.25, 0.3) is 0 Å². The maximum absolute atomic E-state index is 12.1. The Balaban J connectivity index is 2.71. The van der Waals surface area contributed by atoms with E-state index < -0.39 is 0 Å². The number of nitrogens with zero attached hydrogens (tertiary/aromatic N) is 2. The lowest BCUT2D eigenvalue weighted by molar-refractivity contribution is -0.138. The molecule has 0 saturated carbocycles. The fourth-order valence-corrected chi connectivity index (χ4v) is 1.86. The molecule has 94 valence electrons. The van der Waals surface area contributed by atoms with Crippen LogP contribution in [0.5, 0.6) is 0 Å². The topological polar surface area (TPSA) is 65.4 Å². The van der Waals surface area contributed by atoms with Crippen LogP contribution >= 0.6 is 0 Å². The third-order valence-electron chi connectivity index (χ3n) is 2.51. The first kappa shape index (κ1) is 13.5. The van der Waals surface area contributed by atoms with Crippen LogP contribution in [0.2, 0.25) is 0 Å². The number of amides is 1. The standard InChI is InChI=1S/C12H19N3O2/c1-4-14-6-11(5-13)12(16)15-7-9(2)17-10(3)8-15/h6,9-10,14H,4,7-8H2,1-3H3/b11-6-. The summed E-state index contributed by atoms with van der Waals surface area (Å²) < 4.78 is 5.55. The third-order valence-corrected chi connectivity index (χ3v) is 2.51. The lowest BCUT2D eigenvalue weighted by atomic mass is 10.2. The van der Waals surface area contributed by atoms with Crippen molar-refractivity contribution >= 4 is 5.91 Å². The van der Waals surface area contributed by atoms with Crippen molar-refractivity contribution in [3.05, 3.63) is 11.8 Å². The second-order valence-electron chi connectivity index (χ2n) is 4.19. The second kappa shape index (κ2) is 6.26. The Hall–Kier alpha value is -1.54. The Morgan fingerprint density at radius 1 is 1.53 bits per heavy atom. The molecule has 1 amide bonds. The van der Waals surface area contributed by atoms with Crippen LogP contribution in [0, 0.1) is 11.3 Å². The lowest BCUT2D eigenvalue weighted by Gasteiger charge is -2.35. The number of nitrogens with one attached hydrogen (secondary N) is 1. The molecular formula is C12H19N3O2. The van der Waals surface area contributed by atoms with Gasteiger partial charge >= 0.3 is 0 Å². The Kier molecular flexibility index (Phi) is 4.98. The first-order valence-corrected chi connectivity index (χ1v) is 5.86. The SMILES string of the molecule is CCN/C=C(/C#N)C(=O)N1CC(C)OC(C)C1. The van der Waals surface area contributed by atoms with Crippen LogP contribution in [-0.4, -0.2) is 42.6 Å². The molecule has 0 spiro atoms. The zero-order valence-electron chi connectivity index (χ0n) is 10.6. The van der Waals surface area contributed by atoms with Crippen molar-refractivity contribution < 1.29 is 9.53 Å². The van der Waals surface area contributed by atoms with Gasteiger partial charge in [-0.3, -0.25) is 4.79 Å². The van der Waals surface area contributed by atoms with E-state index in [1.54, 1.807) is 4.90 Å². The summed E-state index contributed by atoms with van der Waals surface area (Å²) in [6.45, 7) is 7.53. The van der Waals surface area contributed by atoms with Gasteiger partial charge in [-0.2, -0.15) is 5.26 Å². The summed E-state index contributed by atoms with van der Waals surface area (Å²) in [6.07, 6.45) is 1.51. The Labute approximate surface area is 102 Å². The van der Waals surface area contributed by atoms with Crippen molar-refractivity contribution in [2.75, 3.05) is 19.6 Å². The van der Waals surface area contributed by atoms with Crippen LogP contribution < -0.4 is 5.32 Å². The molecule has 2 atom stereocenters. The smallest absolute Gasteiger partial charge is 0.266 e. The molecule has 5 nitrogen and oxygen atoms in total. The van der Waals surface area contributed by atoms with Gasteiger partial charge in [0.15, 0.2) is 0 Å². The highest BCUT2D eigenvalue weighted by molar-refractivity contribution is 5.97.